The molecule has 0 aromatic carbocycles. The fraction of sp³-hybridized carbons (Fsp3) is 0.762. The number of ether oxygens (including phenoxy) is 1. The van der Waals surface area contributed by atoms with Gasteiger partial charge < -0.3 is 15.0 Å². The first kappa shape index (κ1) is 20.8. The van der Waals surface area contributed by atoms with Crippen molar-refractivity contribution in [3.63, 3.8) is 0 Å². The summed E-state index contributed by atoms with van der Waals surface area (Å²) in [7, 11) is 1.90. The number of nitrogens with zero attached hydrogens (tertiary/aromatic N) is 3. The summed E-state index contributed by atoms with van der Waals surface area (Å²) in [5, 5.41) is 7.39. The minimum Gasteiger partial charge on any atom is -0.370 e. The van der Waals surface area contributed by atoms with Crippen molar-refractivity contribution in [1.29, 1.82) is 0 Å². The number of piperidine rings is 1. The van der Waals surface area contributed by atoms with Gasteiger partial charge >= 0.3 is 0 Å². The predicted molar refractivity (Wildman–Crippen MR) is 107 cm³/mol. The third-order valence-corrected chi connectivity index (χ3v) is 6.24. The van der Waals surface area contributed by atoms with E-state index in [9.17, 15) is 9.59 Å². The molecule has 2 amide bonds. The highest BCUT2D eigenvalue weighted by atomic mass is 16.5. The number of carbonyl (C=O) groups excluding carboxylic acids is 2. The molecule has 0 radical (unpaired) electrons. The molecule has 0 unspecified atom stereocenters. The van der Waals surface area contributed by atoms with E-state index in [2.05, 4.69) is 24.3 Å². The van der Waals surface area contributed by atoms with Gasteiger partial charge in [-0.15, -0.1) is 0 Å². The van der Waals surface area contributed by atoms with E-state index in [4.69, 9.17) is 4.74 Å². The van der Waals surface area contributed by atoms with E-state index < -0.39 is 0 Å². The first-order valence-electron chi connectivity index (χ1n) is 10.6. The number of hydrogen-bond donors (Lipinski definition) is 1. The van der Waals surface area contributed by atoms with Gasteiger partial charge in [0.1, 0.15) is 0 Å². The molecule has 1 N–H and O–H groups in total. The van der Waals surface area contributed by atoms with Crippen molar-refractivity contribution in [1.82, 2.24) is 20.0 Å². The fourth-order valence-corrected chi connectivity index (χ4v) is 4.42. The third kappa shape index (κ3) is 3.95. The predicted octanol–water partition coefficient (Wildman–Crippen LogP) is 2.43. The number of aromatic nitrogens is 2. The summed E-state index contributed by atoms with van der Waals surface area (Å²) in [5.74, 6) is 0.272. The van der Waals surface area contributed by atoms with E-state index in [0.29, 0.717) is 12.3 Å². The van der Waals surface area contributed by atoms with Gasteiger partial charge in [0.25, 0.3) is 5.91 Å². The number of likely N-dealkylation sites (tertiary alicyclic amines) is 1. The Kier molecular flexibility index (Phi) is 6.12. The van der Waals surface area contributed by atoms with Crippen LogP contribution in [0.3, 0.4) is 0 Å². The summed E-state index contributed by atoms with van der Waals surface area (Å²) in [6, 6.07) is 0.0675. The Bertz CT molecular complexity index is 728. The van der Waals surface area contributed by atoms with E-state index >= 15 is 0 Å². The zero-order valence-corrected chi connectivity index (χ0v) is 17.9. The Labute approximate surface area is 167 Å². The summed E-state index contributed by atoms with van der Waals surface area (Å²) in [4.78, 5) is 27.1. The van der Waals surface area contributed by atoms with Gasteiger partial charge in [-0.2, -0.15) is 5.10 Å². The van der Waals surface area contributed by atoms with E-state index in [1.54, 1.807) is 0 Å². The van der Waals surface area contributed by atoms with Crippen LogP contribution >= 0.6 is 0 Å². The van der Waals surface area contributed by atoms with Crippen LogP contribution in [0.1, 0.15) is 75.1 Å². The zero-order chi connectivity index (χ0) is 20.5. The van der Waals surface area contributed by atoms with E-state index in [1.165, 1.54) is 0 Å². The van der Waals surface area contributed by atoms with Crippen LogP contribution < -0.4 is 5.32 Å². The van der Waals surface area contributed by atoms with Crippen molar-refractivity contribution in [3.8, 4) is 0 Å². The fourth-order valence-electron chi connectivity index (χ4n) is 4.42. The molecule has 3 heterocycles. The van der Waals surface area contributed by atoms with Crippen LogP contribution in [0.5, 0.6) is 0 Å². The second kappa shape index (κ2) is 8.23. The maximum Gasteiger partial charge on any atom is 0.272 e. The lowest BCUT2D eigenvalue weighted by atomic mass is 9.83. The molecule has 0 atom stereocenters. The smallest absolute Gasteiger partial charge is 0.272 e. The van der Waals surface area contributed by atoms with E-state index in [1.807, 2.05) is 30.5 Å². The van der Waals surface area contributed by atoms with Gasteiger partial charge in [-0.05, 0) is 39.5 Å². The number of nitrogens with one attached hydrogen (secondary N) is 1. The van der Waals surface area contributed by atoms with Crippen molar-refractivity contribution in [2.45, 2.75) is 78.0 Å². The standard InChI is InChI=1S/C21H34N4O3/c1-6-15(7-2)20(27)25-10-8-21(9-11-25)12-17-16(13-28-21)18(23-24(17)5)19(26)22-14(3)4/h14-15H,6-13H2,1-5H3,(H,22,26). The number of fused-ring (bicyclic) bond motifs is 1. The molecule has 2 aliphatic heterocycles. The lowest BCUT2D eigenvalue weighted by Crippen LogP contribution is -2.51. The number of aryl methyl sites for hydroxylation is 1. The molecule has 156 valence electrons. The molecule has 7 heteroatoms. The average Bonchev–Trinajstić information content (AvgIpc) is 2.99. The van der Waals surface area contributed by atoms with Crippen LogP contribution in [0.2, 0.25) is 0 Å². The molecule has 1 aromatic rings. The Hall–Kier alpha value is -1.89. The molecule has 1 saturated heterocycles. The molecule has 1 aromatic heterocycles. The van der Waals surface area contributed by atoms with Gasteiger partial charge in [0.05, 0.1) is 12.2 Å². The lowest BCUT2D eigenvalue weighted by molar-refractivity contribution is -0.145. The minimum absolute atomic E-state index is 0.0675. The second-order valence-electron chi connectivity index (χ2n) is 8.51. The number of hydrogen-bond acceptors (Lipinski definition) is 4. The molecule has 2 aliphatic rings. The summed E-state index contributed by atoms with van der Waals surface area (Å²) >= 11 is 0. The van der Waals surface area contributed by atoms with Crippen LogP contribution in [0, 0.1) is 5.92 Å². The Balaban J connectivity index is 1.70. The molecule has 1 fully saturated rings. The first-order chi connectivity index (χ1) is 13.3. The minimum atomic E-state index is -0.253. The van der Waals surface area contributed by atoms with Gasteiger partial charge in [0.2, 0.25) is 5.91 Å². The highest BCUT2D eigenvalue weighted by Crippen LogP contribution is 2.37. The molecule has 0 aliphatic carbocycles. The molecule has 7 nitrogen and oxygen atoms in total. The summed E-state index contributed by atoms with van der Waals surface area (Å²) in [6.07, 6.45) is 4.20. The number of carbonyl (C=O) groups is 2. The van der Waals surface area contributed by atoms with Crippen LogP contribution in [0.25, 0.3) is 0 Å². The normalized spacial score (nSPS) is 18.6. The van der Waals surface area contributed by atoms with Gasteiger partial charge in [-0.25, -0.2) is 0 Å². The maximum absolute atomic E-state index is 12.7. The van der Waals surface area contributed by atoms with Crippen molar-refractivity contribution < 1.29 is 14.3 Å². The van der Waals surface area contributed by atoms with Crippen molar-refractivity contribution in [2.75, 3.05) is 13.1 Å². The van der Waals surface area contributed by atoms with Gasteiger partial charge in [0, 0.05) is 49.8 Å². The summed E-state index contributed by atoms with van der Waals surface area (Å²) in [5.41, 5.74) is 2.21. The summed E-state index contributed by atoms with van der Waals surface area (Å²) in [6.45, 7) is 9.93. The molecule has 0 saturated carbocycles. The second-order valence-corrected chi connectivity index (χ2v) is 8.51. The SMILES string of the molecule is CCC(CC)C(=O)N1CCC2(CC1)Cc1c(c(C(=O)NC(C)C)nn1C)CO2. The van der Waals surface area contributed by atoms with Gasteiger partial charge in [-0.3, -0.25) is 14.3 Å². The quantitative estimate of drug-likeness (QED) is 0.838. The van der Waals surface area contributed by atoms with Crippen LogP contribution in [0.4, 0.5) is 0 Å². The highest BCUT2D eigenvalue weighted by Gasteiger charge is 2.42. The van der Waals surface area contributed by atoms with Crippen LogP contribution in [0.15, 0.2) is 0 Å². The van der Waals surface area contributed by atoms with Crippen molar-refractivity contribution in [2.24, 2.45) is 13.0 Å². The Morgan fingerprint density at radius 2 is 1.86 bits per heavy atom. The van der Waals surface area contributed by atoms with E-state index in [0.717, 1.165) is 56.5 Å². The van der Waals surface area contributed by atoms with Crippen LogP contribution in [-0.2, 0) is 29.6 Å². The average molecular weight is 391 g/mol. The zero-order valence-electron chi connectivity index (χ0n) is 17.9. The van der Waals surface area contributed by atoms with Gasteiger partial charge in [-0.1, -0.05) is 13.8 Å². The van der Waals surface area contributed by atoms with E-state index in [-0.39, 0.29) is 29.4 Å². The molecular weight excluding hydrogens is 356 g/mol. The van der Waals surface area contributed by atoms with Crippen molar-refractivity contribution >= 4 is 11.8 Å². The molecule has 3 rings (SSSR count). The van der Waals surface area contributed by atoms with Crippen molar-refractivity contribution in [3.05, 3.63) is 17.0 Å². The topological polar surface area (TPSA) is 76.5 Å². The molecule has 0 bridgehead atoms. The largest absolute Gasteiger partial charge is 0.370 e. The van der Waals surface area contributed by atoms with Gasteiger partial charge in [0.15, 0.2) is 5.69 Å². The number of amides is 2. The monoisotopic (exact) mass is 390 g/mol. The lowest BCUT2D eigenvalue weighted by Gasteiger charge is -2.44. The Morgan fingerprint density at radius 1 is 1.21 bits per heavy atom. The molecular formula is C21H34N4O3. The summed E-state index contributed by atoms with van der Waals surface area (Å²) < 4.78 is 8.14. The Morgan fingerprint density at radius 3 is 2.43 bits per heavy atom. The third-order valence-electron chi connectivity index (χ3n) is 6.24. The molecule has 1 spiro atoms. The number of rotatable bonds is 5. The highest BCUT2D eigenvalue weighted by molar-refractivity contribution is 5.94. The first-order valence-corrected chi connectivity index (χ1v) is 10.6. The van der Waals surface area contributed by atoms with Crippen LogP contribution in [-0.4, -0.2) is 51.2 Å². The maximum atomic E-state index is 12.7. The molecule has 28 heavy (non-hydrogen) atoms.